The SMILES string of the molecule is COC(=O)c1cc(OCc2ccccc2)c2c(c1)N1C(OC(C)=O)[C@H]3[C@@H](C1[C@@]2(C=O)CO[Si](C)(C)C(C)(C)C)N3C(=O)OC(C)(C)C. The van der Waals surface area contributed by atoms with Crippen molar-refractivity contribution in [2.75, 3.05) is 18.6 Å². The topological polar surface area (TPSA) is 121 Å². The first kappa shape index (κ1) is 34.4. The van der Waals surface area contributed by atoms with E-state index >= 15 is 0 Å². The van der Waals surface area contributed by atoms with E-state index in [0.29, 0.717) is 17.0 Å². The average molecular weight is 667 g/mol. The Kier molecular flexibility index (Phi) is 8.76. The number of hydrogen-bond acceptors (Lipinski definition) is 10. The highest BCUT2D eigenvalue weighted by Crippen LogP contribution is 2.61. The van der Waals surface area contributed by atoms with Gasteiger partial charge in [-0.3, -0.25) is 9.69 Å². The number of anilines is 1. The number of aldehydes is 1. The summed E-state index contributed by atoms with van der Waals surface area (Å²) in [5, 5.41) is -0.166. The van der Waals surface area contributed by atoms with Crippen LogP contribution in [0.1, 0.15) is 70.0 Å². The molecule has 0 radical (unpaired) electrons. The lowest BCUT2D eigenvalue weighted by Crippen LogP contribution is -2.56. The molecule has 2 unspecified atom stereocenters. The lowest BCUT2D eigenvalue weighted by Gasteiger charge is -2.41. The Hall–Kier alpha value is -3.90. The molecule has 3 heterocycles. The number of methoxy groups -OCH3 is 1. The second-order valence-corrected chi connectivity index (χ2v) is 19.9. The molecular weight excluding hydrogens is 620 g/mol. The smallest absolute Gasteiger partial charge is 0.411 e. The van der Waals surface area contributed by atoms with Gasteiger partial charge in [0.1, 0.15) is 35.7 Å². The molecule has 2 saturated heterocycles. The fourth-order valence-electron chi connectivity index (χ4n) is 6.44. The summed E-state index contributed by atoms with van der Waals surface area (Å²) in [6, 6.07) is 10.9. The highest BCUT2D eigenvalue weighted by molar-refractivity contribution is 6.74. The maximum absolute atomic E-state index is 13.8. The van der Waals surface area contributed by atoms with Crippen molar-refractivity contribution >= 4 is 38.3 Å². The Morgan fingerprint density at radius 1 is 1.00 bits per heavy atom. The van der Waals surface area contributed by atoms with E-state index in [-0.39, 0.29) is 23.8 Å². The summed E-state index contributed by atoms with van der Waals surface area (Å²) < 4.78 is 30.0. The standard InChI is InChI=1S/C35H46N2O9Si/c1-21(39)45-30-28-27(37(28)32(41)46-33(2,3)4)29-35(19-38,20-44-47(9,10)34(5,6)7)26-24(36(29)30)16-23(31(40)42-8)17-25(26)43-18-22-14-12-11-13-15-22/h11-17,19,27-30H,18,20H2,1-10H3/t27-,28+,29?,30?,35-,37?/m0/s1. The maximum atomic E-state index is 13.8. The number of nitrogens with zero attached hydrogens (tertiary/aromatic N) is 2. The Labute approximate surface area is 277 Å². The highest BCUT2D eigenvalue weighted by atomic mass is 28.4. The van der Waals surface area contributed by atoms with Gasteiger partial charge < -0.3 is 33.1 Å². The second-order valence-electron chi connectivity index (χ2n) is 15.1. The predicted molar refractivity (Wildman–Crippen MR) is 177 cm³/mol. The van der Waals surface area contributed by atoms with Crippen LogP contribution < -0.4 is 9.64 Å². The first-order chi connectivity index (χ1) is 21.9. The molecule has 2 aromatic carbocycles. The van der Waals surface area contributed by atoms with Gasteiger partial charge in [0.05, 0.1) is 31.4 Å². The number of ether oxygens (including phenoxy) is 4. The molecule has 0 aromatic heterocycles. The minimum atomic E-state index is -2.43. The van der Waals surface area contributed by atoms with Crippen molar-refractivity contribution in [3.8, 4) is 5.75 Å². The summed E-state index contributed by atoms with van der Waals surface area (Å²) in [5.41, 5.74) is -0.0783. The fourth-order valence-corrected chi connectivity index (χ4v) is 7.47. The lowest BCUT2D eigenvalue weighted by atomic mass is 9.76. The molecule has 3 aliphatic heterocycles. The highest BCUT2D eigenvalue weighted by Gasteiger charge is 2.77. The van der Waals surface area contributed by atoms with Crippen molar-refractivity contribution in [3.63, 3.8) is 0 Å². The molecule has 2 aromatic rings. The van der Waals surface area contributed by atoms with Gasteiger partial charge in [-0.2, -0.15) is 0 Å². The molecule has 5 atom stereocenters. The van der Waals surface area contributed by atoms with E-state index in [2.05, 4.69) is 33.9 Å². The summed E-state index contributed by atoms with van der Waals surface area (Å²) in [4.78, 5) is 56.3. The Balaban J connectivity index is 1.71. The molecule has 0 bridgehead atoms. The van der Waals surface area contributed by atoms with Crippen molar-refractivity contribution in [1.82, 2.24) is 4.90 Å². The first-order valence-corrected chi connectivity index (χ1v) is 18.8. The van der Waals surface area contributed by atoms with Gasteiger partial charge in [-0.05, 0) is 56.6 Å². The quantitative estimate of drug-likeness (QED) is 0.110. The molecule has 2 fully saturated rings. The number of amides is 1. The molecule has 47 heavy (non-hydrogen) atoms. The number of piperazine rings is 1. The van der Waals surface area contributed by atoms with Gasteiger partial charge >= 0.3 is 18.0 Å². The summed E-state index contributed by atoms with van der Waals surface area (Å²) >= 11 is 0. The minimum Gasteiger partial charge on any atom is -0.488 e. The average Bonchev–Trinajstić information content (AvgIpc) is 3.54. The molecule has 3 aliphatic rings. The van der Waals surface area contributed by atoms with Crippen molar-refractivity contribution < 1.29 is 42.6 Å². The molecule has 12 heteroatoms. The number of carbonyl (C=O) groups is 4. The van der Waals surface area contributed by atoms with Crippen molar-refractivity contribution in [2.24, 2.45) is 0 Å². The van der Waals surface area contributed by atoms with E-state index in [0.717, 1.165) is 11.8 Å². The summed E-state index contributed by atoms with van der Waals surface area (Å²) in [7, 11) is -1.14. The molecule has 0 saturated carbocycles. The zero-order valence-corrected chi connectivity index (χ0v) is 29.9. The van der Waals surface area contributed by atoms with Gasteiger partial charge in [0.25, 0.3) is 0 Å². The van der Waals surface area contributed by atoms with Crippen LogP contribution in [0.4, 0.5) is 10.5 Å². The first-order valence-electron chi connectivity index (χ1n) is 15.9. The van der Waals surface area contributed by atoms with Gasteiger partial charge in [0.15, 0.2) is 14.5 Å². The van der Waals surface area contributed by atoms with E-state index < -0.39 is 61.7 Å². The third kappa shape index (κ3) is 6.13. The van der Waals surface area contributed by atoms with E-state index in [9.17, 15) is 19.2 Å². The third-order valence-corrected chi connectivity index (χ3v) is 14.2. The van der Waals surface area contributed by atoms with Gasteiger partial charge in [-0.15, -0.1) is 0 Å². The summed E-state index contributed by atoms with van der Waals surface area (Å²) in [5.74, 6) is -0.855. The van der Waals surface area contributed by atoms with Crippen LogP contribution in [0.3, 0.4) is 0 Å². The largest absolute Gasteiger partial charge is 0.488 e. The predicted octanol–water partition coefficient (Wildman–Crippen LogP) is 5.59. The molecule has 0 spiro atoms. The molecular formula is C35H46N2O9Si. The lowest BCUT2D eigenvalue weighted by molar-refractivity contribution is -0.146. The van der Waals surface area contributed by atoms with Crippen LogP contribution in [0.2, 0.25) is 18.1 Å². The van der Waals surface area contributed by atoms with Crippen LogP contribution >= 0.6 is 0 Å². The van der Waals surface area contributed by atoms with Crippen molar-refractivity contribution in [2.45, 2.75) is 109 Å². The zero-order chi connectivity index (χ0) is 34.7. The van der Waals surface area contributed by atoms with E-state index in [1.165, 1.54) is 14.0 Å². The van der Waals surface area contributed by atoms with Crippen LogP contribution in [-0.2, 0) is 40.2 Å². The van der Waals surface area contributed by atoms with Crippen LogP contribution in [0.25, 0.3) is 0 Å². The van der Waals surface area contributed by atoms with E-state index in [1.54, 1.807) is 37.8 Å². The monoisotopic (exact) mass is 666 g/mol. The maximum Gasteiger partial charge on any atom is 0.411 e. The molecule has 1 amide bonds. The van der Waals surface area contributed by atoms with Gasteiger partial charge in [0.2, 0.25) is 0 Å². The molecule has 254 valence electrons. The van der Waals surface area contributed by atoms with Crippen LogP contribution in [0.5, 0.6) is 5.75 Å². The van der Waals surface area contributed by atoms with E-state index in [4.69, 9.17) is 23.4 Å². The fraction of sp³-hybridized carbons (Fsp3) is 0.543. The normalized spacial score (nSPS) is 24.6. The van der Waals surface area contributed by atoms with Gasteiger partial charge in [0, 0.05) is 18.2 Å². The minimum absolute atomic E-state index is 0.0153. The summed E-state index contributed by atoms with van der Waals surface area (Å²) in [6.45, 7) is 17.3. The number of esters is 2. The van der Waals surface area contributed by atoms with Crippen LogP contribution in [-0.4, -0.2) is 81.2 Å². The second kappa shape index (κ2) is 12.0. The van der Waals surface area contributed by atoms with Gasteiger partial charge in [-0.25, -0.2) is 9.59 Å². The van der Waals surface area contributed by atoms with Crippen molar-refractivity contribution in [1.29, 1.82) is 0 Å². The Bertz CT molecular complexity index is 1570. The molecule has 0 N–H and O–H groups in total. The van der Waals surface area contributed by atoms with Crippen LogP contribution in [0.15, 0.2) is 42.5 Å². The summed E-state index contributed by atoms with van der Waals surface area (Å²) in [6.07, 6.45) is -0.658. The number of hydrogen-bond donors (Lipinski definition) is 0. The Morgan fingerprint density at radius 2 is 1.66 bits per heavy atom. The number of carbonyl (C=O) groups excluding carboxylic acids is 4. The van der Waals surface area contributed by atoms with Crippen LogP contribution in [0, 0.1) is 0 Å². The third-order valence-electron chi connectivity index (χ3n) is 9.68. The molecule has 5 rings (SSSR count). The van der Waals surface area contributed by atoms with E-state index in [1.807, 2.05) is 35.2 Å². The molecule has 11 nitrogen and oxygen atoms in total. The number of rotatable bonds is 9. The number of fused-ring (bicyclic) bond motifs is 5. The van der Waals surface area contributed by atoms with Crippen molar-refractivity contribution in [3.05, 3.63) is 59.2 Å². The molecule has 0 aliphatic carbocycles. The number of benzene rings is 2. The van der Waals surface area contributed by atoms with Gasteiger partial charge in [-0.1, -0.05) is 51.1 Å². The zero-order valence-electron chi connectivity index (χ0n) is 28.9. The Morgan fingerprint density at radius 3 is 2.21 bits per heavy atom.